The lowest BCUT2D eigenvalue weighted by molar-refractivity contribution is -0.384. The molecule has 0 saturated carbocycles. The number of ether oxygens (including phenoxy) is 1. The Morgan fingerprint density at radius 3 is 2.43 bits per heavy atom. The minimum absolute atomic E-state index is 0.000949. The largest absolute Gasteiger partial charge is 0.489 e. The molecular weight excluding hydrogens is 426 g/mol. The van der Waals surface area contributed by atoms with Crippen molar-refractivity contribution in [2.45, 2.75) is 6.61 Å². The number of anilines is 1. The number of carbonyl (C=O) groups is 1. The quantitative estimate of drug-likeness (QED) is 0.319. The van der Waals surface area contributed by atoms with Crippen LogP contribution < -0.4 is 15.4 Å². The van der Waals surface area contributed by atoms with Crippen molar-refractivity contribution in [2.75, 3.05) is 5.32 Å². The summed E-state index contributed by atoms with van der Waals surface area (Å²) in [6.45, 7) is 0.424. The van der Waals surface area contributed by atoms with E-state index in [4.69, 9.17) is 28.6 Å². The average molecular weight is 442 g/mol. The van der Waals surface area contributed by atoms with Gasteiger partial charge in [0.05, 0.1) is 4.92 Å². The number of nitrogens with zero attached hydrogens (tertiary/aromatic N) is 1. The molecule has 0 aliphatic rings. The molecule has 7 nitrogen and oxygen atoms in total. The molecule has 0 bridgehead atoms. The first kappa shape index (κ1) is 21.2. The van der Waals surface area contributed by atoms with Gasteiger partial charge in [0.15, 0.2) is 5.11 Å². The van der Waals surface area contributed by atoms with Gasteiger partial charge in [-0.25, -0.2) is 0 Å². The number of amides is 1. The lowest BCUT2D eigenvalue weighted by atomic mass is 10.2. The first-order valence-electron chi connectivity index (χ1n) is 8.75. The van der Waals surface area contributed by atoms with E-state index in [0.717, 1.165) is 5.56 Å². The summed E-state index contributed by atoms with van der Waals surface area (Å²) < 4.78 is 5.69. The number of thiocarbonyl (C=S) groups is 1. The second-order valence-electron chi connectivity index (χ2n) is 6.13. The molecule has 3 aromatic carbocycles. The zero-order valence-electron chi connectivity index (χ0n) is 15.5. The third kappa shape index (κ3) is 5.76. The smallest absolute Gasteiger partial charge is 0.289 e. The molecule has 0 fully saturated rings. The van der Waals surface area contributed by atoms with Crippen LogP contribution >= 0.6 is 23.8 Å². The third-order valence-electron chi connectivity index (χ3n) is 3.99. The summed E-state index contributed by atoms with van der Waals surface area (Å²) in [6.07, 6.45) is 0. The van der Waals surface area contributed by atoms with E-state index in [9.17, 15) is 14.9 Å². The summed E-state index contributed by atoms with van der Waals surface area (Å²) in [4.78, 5) is 22.7. The predicted molar refractivity (Wildman–Crippen MR) is 119 cm³/mol. The van der Waals surface area contributed by atoms with Gasteiger partial charge in [-0.05, 0) is 54.2 Å². The fourth-order valence-corrected chi connectivity index (χ4v) is 2.91. The minimum atomic E-state index is -0.601. The van der Waals surface area contributed by atoms with E-state index in [0.29, 0.717) is 23.6 Å². The summed E-state index contributed by atoms with van der Waals surface area (Å²) in [7, 11) is 0. The van der Waals surface area contributed by atoms with Gasteiger partial charge in [-0.15, -0.1) is 0 Å². The Morgan fingerprint density at radius 1 is 1.07 bits per heavy atom. The van der Waals surface area contributed by atoms with Gasteiger partial charge in [-0.2, -0.15) is 0 Å². The van der Waals surface area contributed by atoms with Crippen LogP contribution in [0.15, 0.2) is 72.8 Å². The Balaban J connectivity index is 1.55. The SMILES string of the molecule is O=C(NC(=S)Nc1ccc(Cl)c([N+](=O)[O-])c1)c1ccc(OCc2ccccc2)cc1. The number of hydrogen-bond acceptors (Lipinski definition) is 5. The second-order valence-corrected chi connectivity index (χ2v) is 6.95. The summed E-state index contributed by atoms with van der Waals surface area (Å²) in [5.41, 5.74) is 1.49. The maximum absolute atomic E-state index is 12.4. The molecule has 0 radical (unpaired) electrons. The second kappa shape index (κ2) is 9.82. The number of nitrogens with one attached hydrogen (secondary N) is 2. The molecule has 0 aliphatic carbocycles. The van der Waals surface area contributed by atoms with Gasteiger partial charge < -0.3 is 10.1 Å². The topological polar surface area (TPSA) is 93.5 Å². The van der Waals surface area contributed by atoms with Crippen LogP contribution in [0, 0.1) is 10.1 Å². The monoisotopic (exact) mass is 441 g/mol. The highest BCUT2D eigenvalue weighted by Crippen LogP contribution is 2.27. The van der Waals surface area contributed by atoms with Crippen molar-refractivity contribution in [1.82, 2.24) is 5.32 Å². The number of benzene rings is 3. The van der Waals surface area contributed by atoms with E-state index in [1.165, 1.54) is 18.2 Å². The number of nitro benzene ring substituents is 1. The van der Waals surface area contributed by atoms with Crippen LogP contribution in [-0.4, -0.2) is 15.9 Å². The van der Waals surface area contributed by atoms with E-state index in [-0.39, 0.29) is 15.8 Å². The van der Waals surface area contributed by atoms with Gasteiger partial charge >= 0.3 is 0 Å². The van der Waals surface area contributed by atoms with E-state index < -0.39 is 10.8 Å². The van der Waals surface area contributed by atoms with Crippen LogP contribution in [-0.2, 0) is 6.61 Å². The standard InChI is InChI=1S/C21H16ClN3O4S/c22-18-11-8-16(12-19(18)25(27)28)23-21(30)24-20(26)15-6-9-17(10-7-15)29-13-14-4-2-1-3-5-14/h1-12H,13H2,(H2,23,24,26,30). The molecule has 1 amide bonds. The Kier molecular flexibility index (Phi) is 6.95. The lowest BCUT2D eigenvalue weighted by Crippen LogP contribution is -2.34. The molecule has 0 aromatic heterocycles. The molecule has 0 heterocycles. The van der Waals surface area contributed by atoms with E-state index in [2.05, 4.69) is 10.6 Å². The molecule has 152 valence electrons. The molecule has 0 unspecified atom stereocenters. The summed E-state index contributed by atoms with van der Waals surface area (Å²) in [5.74, 6) is 0.204. The fourth-order valence-electron chi connectivity index (χ4n) is 2.51. The molecule has 0 spiro atoms. The van der Waals surface area contributed by atoms with Crippen LogP contribution in [0.3, 0.4) is 0 Å². The highest BCUT2D eigenvalue weighted by Gasteiger charge is 2.14. The lowest BCUT2D eigenvalue weighted by Gasteiger charge is -2.10. The molecule has 3 rings (SSSR count). The highest BCUT2D eigenvalue weighted by molar-refractivity contribution is 7.80. The van der Waals surface area contributed by atoms with Crippen LogP contribution in [0.1, 0.15) is 15.9 Å². The predicted octanol–water partition coefficient (Wildman–Crippen LogP) is 4.95. The van der Waals surface area contributed by atoms with E-state index >= 15 is 0 Å². The van der Waals surface area contributed by atoms with Crippen molar-refractivity contribution in [3.05, 3.63) is 99.1 Å². The number of carbonyl (C=O) groups excluding carboxylic acids is 1. The zero-order valence-corrected chi connectivity index (χ0v) is 17.1. The van der Waals surface area contributed by atoms with Crippen LogP contribution in [0.5, 0.6) is 5.75 Å². The summed E-state index contributed by atoms with van der Waals surface area (Å²) >= 11 is 10.9. The van der Waals surface area contributed by atoms with Crippen molar-refractivity contribution >= 4 is 46.2 Å². The fraction of sp³-hybridized carbons (Fsp3) is 0.0476. The number of rotatable bonds is 6. The third-order valence-corrected chi connectivity index (χ3v) is 4.52. The molecule has 0 aliphatic heterocycles. The average Bonchev–Trinajstić information content (AvgIpc) is 2.74. The van der Waals surface area contributed by atoms with Crippen molar-refractivity contribution in [3.8, 4) is 5.75 Å². The highest BCUT2D eigenvalue weighted by atomic mass is 35.5. The molecule has 0 atom stereocenters. The summed E-state index contributed by atoms with van der Waals surface area (Å²) in [5, 5.41) is 16.2. The molecule has 0 saturated heterocycles. The summed E-state index contributed by atoms with van der Waals surface area (Å²) in [6, 6.07) is 20.5. The van der Waals surface area contributed by atoms with E-state index in [1.54, 1.807) is 24.3 Å². The molecule has 30 heavy (non-hydrogen) atoms. The molecule has 9 heteroatoms. The number of hydrogen-bond donors (Lipinski definition) is 2. The van der Waals surface area contributed by atoms with Gasteiger partial charge in [0.2, 0.25) is 0 Å². The first-order valence-corrected chi connectivity index (χ1v) is 9.54. The van der Waals surface area contributed by atoms with Gasteiger partial charge in [-0.1, -0.05) is 41.9 Å². The normalized spacial score (nSPS) is 10.2. The number of halogens is 1. The van der Waals surface area contributed by atoms with Crippen LogP contribution in [0.2, 0.25) is 5.02 Å². The first-order chi connectivity index (χ1) is 14.4. The molecule has 3 aromatic rings. The molecular formula is C21H16ClN3O4S. The maximum Gasteiger partial charge on any atom is 0.289 e. The van der Waals surface area contributed by atoms with Gasteiger partial charge in [0.1, 0.15) is 17.4 Å². The zero-order chi connectivity index (χ0) is 21.5. The van der Waals surface area contributed by atoms with Crippen molar-refractivity contribution in [2.24, 2.45) is 0 Å². The minimum Gasteiger partial charge on any atom is -0.489 e. The van der Waals surface area contributed by atoms with Crippen molar-refractivity contribution in [3.63, 3.8) is 0 Å². The molecule has 2 N–H and O–H groups in total. The number of nitro groups is 1. The van der Waals surface area contributed by atoms with Crippen LogP contribution in [0.4, 0.5) is 11.4 Å². The Labute approximate surface area is 182 Å². The van der Waals surface area contributed by atoms with E-state index in [1.807, 2.05) is 30.3 Å². The van der Waals surface area contributed by atoms with Gasteiger partial charge in [0.25, 0.3) is 11.6 Å². The van der Waals surface area contributed by atoms with Gasteiger partial charge in [-0.3, -0.25) is 20.2 Å². The maximum atomic E-state index is 12.4. The van der Waals surface area contributed by atoms with Crippen molar-refractivity contribution < 1.29 is 14.5 Å². The Bertz CT molecular complexity index is 1080. The van der Waals surface area contributed by atoms with Crippen molar-refractivity contribution in [1.29, 1.82) is 0 Å². The Hall–Kier alpha value is -3.49. The van der Waals surface area contributed by atoms with Crippen LogP contribution in [0.25, 0.3) is 0 Å². The Morgan fingerprint density at radius 2 is 1.77 bits per heavy atom. The van der Waals surface area contributed by atoms with Gasteiger partial charge in [0, 0.05) is 17.3 Å².